The van der Waals surface area contributed by atoms with E-state index in [1.165, 1.54) is 36.0 Å². The molecule has 1 aromatic heterocycles. The molecule has 0 radical (unpaired) electrons. The van der Waals surface area contributed by atoms with E-state index in [9.17, 15) is 4.79 Å². The minimum atomic E-state index is -0.475. The zero-order chi connectivity index (χ0) is 24.4. The first kappa shape index (κ1) is 23.7. The number of carbonyl (C=O) groups is 1. The summed E-state index contributed by atoms with van der Waals surface area (Å²) in [5, 5.41) is 16.6. The van der Waals surface area contributed by atoms with E-state index in [-0.39, 0.29) is 0 Å². The number of rotatable bonds is 8. The van der Waals surface area contributed by atoms with Crippen LogP contribution in [0, 0.1) is 19.8 Å². The van der Waals surface area contributed by atoms with Crippen LogP contribution in [0.4, 0.5) is 0 Å². The van der Waals surface area contributed by atoms with Crippen LogP contribution in [0.3, 0.4) is 0 Å². The standard InChI is InChI=1S/C28H34N4O3/c1-18-27(19(2)35-31-18)23-9-7-22(8-10-23)25-15-26(25)29-16-20-11-13-32(14-12-20)17-21-3-5-24(6-4-21)28(33)30-34/h3-10,20,25-26,29,34H,11-17H2,1-2H3,(H,30,33). The molecular formula is C28H34N4O3. The Bertz CT molecular complexity index is 1130. The molecule has 1 aliphatic heterocycles. The third-order valence-electron chi connectivity index (χ3n) is 7.55. The molecule has 1 aliphatic carbocycles. The first-order chi connectivity index (χ1) is 17.0. The number of aromatic nitrogens is 1. The number of hydrogen-bond donors (Lipinski definition) is 3. The van der Waals surface area contributed by atoms with Gasteiger partial charge in [0.25, 0.3) is 5.91 Å². The summed E-state index contributed by atoms with van der Waals surface area (Å²) >= 11 is 0. The third-order valence-corrected chi connectivity index (χ3v) is 7.55. The normalized spacial score (nSPS) is 20.7. The summed E-state index contributed by atoms with van der Waals surface area (Å²) in [4.78, 5) is 13.9. The number of benzene rings is 2. The molecule has 2 atom stereocenters. The molecule has 7 nitrogen and oxygen atoms in total. The van der Waals surface area contributed by atoms with Gasteiger partial charge in [0, 0.05) is 29.6 Å². The monoisotopic (exact) mass is 474 g/mol. The molecule has 0 spiro atoms. The molecule has 2 unspecified atom stereocenters. The second-order valence-corrected chi connectivity index (χ2v) is 10.0. The van der Waals surface area contributed by atoms with Gasteiger partial charge in [-0.3, -0.25) is 14.9 Å². The van der Waals surface area contributed by atoms with Gasteiger partial charge in [-0.2, -0.15) is 0 Å². The Kier molecular flexibility index (Phi) is 7.00. The Hall–Kier alpha value is -3.00. The third kappa shape index (κ3) is 5.48. The van der Waals surface area contributed by atoms with Crippen molar-refractivity contribution in [2.75, 3.05) is 19.6 Å². The van der Waals surface area contributed by atoms with E-state index in [1.807, 2.05) is 26.0 Å². The van der Waals surface area contributed by atoms with Gasteiger partial charge in [0.1, 0.15) is 5.76 Å². The predicted molar refractivity (Wildman–Crippen MR) is 134 cm³/mol. The minimum Gasteiger partial charge on any atom is -0.361 e. The Balaban J connectivity index is 1.04. The van der Waals surface area contributed by atoms with E-state index in [2.05, 4.69) is 39.6 Å². The molecule has 1 amide bonds. The average molecular weight is 475 g/mol. The number of piperidine rings is 1. The zero-order valence-electron chi connectivity index (χ0n) is 20.5. The average Bonchev–Trinajstić information content (AvgIpc) is 3.59. The molecule has 2 fully saturated rings. The number of hydrogen-bond acceptors (Lipinski definition) is 6. The van der Waals surface area contributed by atoms with Gasteiger partial charge in [-0.1, -0.05) is 41.6 Å². The summed E-state index contributed by atoms with van der Waals surface area (Å²) in [7, 11) is 0. The molecule has 184 valence electrons. The van der Waals surface area contributed by atoms with Gasteiger partial charge in [0.05, 0.1) is 5.69 Å². The summed E-state index contributed by atoms with van der Waals surface area (Å²) in [5.74, 6) is 1.74. The van der Waals surface area contributed by atoms with Crippen molar-refractivity contribution in [1.82, 2.24) is 20.9 Å². The molecule has 1 saturated heterocycles. The lowest BCUT2D eigenvalue weighted by Gasteiger charge is -2.32. The summed E-state index contributed by atoms with van der Waals surface area (Å²) in [5.41, 5.74) is 7.97. The lowest BCUT2D eigenvalue weighted by molar-refractivity contribution is 0.0706. The largest absolute Gasteiger partial charge is 0.361 e. The fourth-order valence-electron chi connectivity index (χ4n) is 5.33. The smallest absolute Gasteiger partial charge is 0.274 e. The van der Waals surface area contributed by atoms with E-state index in [0.717, 1.165) is 49.1 Å². The first-order valence-corrected chi connectivity index (χ1v) is 12.5. The maximum Gasteiger partial charge on any atom is 0.274 e. The van der Waals surface area contributed by atoms with Crippen molar-refractivity contribution < 1.29 is 14.5 Å². The molecular weight excluding hydrogens is 440 g/mol. The number of nitrogens with one attached hydrogen (secondary N) is 2. The number of amides is 1. The highest BCUT2D eigenvalue weighted by molar-refractivity contribution is 5.93. The number of likely N-dealkylation sites (tertiary alicyclic amines) is 1. The van der Waals surface area contributed by atoms with Crippen molar-refractivity contribution in [2.45, 2.75) is 51.6 Å². The quantitative estimate of drug-likeness (QED) is 0.330. The Morgan fingerprint density at radius 3 is 2.43 bits per heavy atom. The van der Waals surface area contributed by atoms with Gasteiger partial charge in [0.2, 0.25) is 0 Å². The second-order valence-electron chi connectivity index (χ2n) is 10.0. The molecule has 1 saturated carbocycles. The van der Waals surface area contributed by atoms with Gasteiger partial charge in [-0.15, -0.1) is 0 Å². The molecule has 3 aromatic rings. The van der Waals surface area contributed by atoms with Crippen molar-refractivity contribution in [2.24, 2.45) is 5.92 Å². The minimum absolute atomic E-state index is 0.468. The van der Waals surface area contributed by atoms with Crippen LogP contribution in [0.2, 0.25) is 0 Å². The fourth-order valence-corrected chi connectivity index (χ4v) is 5.33. The van der Waals surface area contributed by atoms with Crippen molar-refractivity contribution in [3.05, 3.63) is 76.7 Å². The Labute approximate surface area is 206 Å². The van der Waals surface area contributed by atoms with Gasteiger partial charge in [-0.25, -0.2) is 5.48 Å². The molecule has 0 bridgehead atoms. The molecule has 2 aromatic carbocycles. The summed E-state index contributed by atoms with van der Waals surface area (Å²) in [6, 6.07) is 16.9. The predicted octanol–water partition coefficient (Wildman–Crippen LogP) is 4.44. The number of nitrogens with zero attached hydrogens (tertiary/aromatic N) is 2. The highest BCUT2D eigenvalue weighted by atomic mass is 16.5. The maximum atomic E-state index is 11.5. The molecule has 5 rings (SSSR count). The van der Waals surface area contributed by atoms with E-state index >= 15 is 0 Å². The van der Waals surface area contributed by atoms with Crippen molar-refractivity contribution in [1.29, 1.82) is 0 Å². The first-order valence-electron chi connectivity index (χ1n) is 12.5. The topological polar surface area (TPSA) is 90.6 Å². The van der Waals surface area contributed by atoms with Crippen LogP contribution in [0.15, 0.2) is 53.1 Å². The van der Waals surface area contributed by atoms with E-state index in [4.69, 9.17) is 9.73 Å². The van der Waals surface area contributed by atoms with Crippen LogP contribution in [0.5, 0.6) is 0 Å². The molecule has 7 heteroatoms. The van der Waals surface area contributed by atoms with Gasteiger partial charge in [-0.05, 0) is 87.5 Å². The van der Waals surface area contributed by atoms with Crippen LogP contribution >= 0.6 is 0 Å². The molecule has 2 aliphatic rings. The van der Waals surface area contributed by atoms with Crippen LogP contribution in [-0.2, 0) is 6.54 Å². The van der Waals surface area contributed by atoms with Crippen LogP contribution in [0.25, 0.3) is 11.1 Å². The lowest BCUT2D eigenvalue weighted by atomic mass is 9.96. The van der Waals surface area contributed by atoms with Gasteiger partial charge < -0.3 is 9.84 Å². The highest BCUT2D eigenvalue weighted by Crippen LogP contribution is 2.41. The number of carbonyl (C=O) groups excluding carboxylic acids is 1. The maximum absolute atomic E-state index is 11.5. The zero-order valence-corrected chi connectivity index (χ0v) is 20.5. The molecule has 2 heterocycles. The SMILES string of the molecule is Cc1noc(C)c1-c1ccc(C2CC2NCC2CCN(Cc3ccc(C(=O)NO)cc3)CC2)cc1. The Morgan fingerprint density at radius 1 is 1.09 bits per heavy atom. The fraction of sp³-hybridized carbons (Fsp3) is 0.429. The highest BCUT2D eigenvalue weighted by Gasteiger charge is 2.38. The Morgan fingerprint density at radius 2 is 1.80 bits per heavy atom. The summed E-state index contributed by atoms with van der Waals surface area (Å²) < 4.78 is 5.31. The van der Waals surface area contributed by atoms with E-state index in [1.54, 1.807) is 17.6 Å². The van der Waals surface area contributed by atoms with Gasteiger partial charge >= 0.3 is 0 Å². The van der Waals surface area contributed by atoms with Gasteiger partial charge in [0.15, 0.2) is 0 Å². The summed E-state index contributed by atoms with van der Waals surface area (Å²) in [6.45, 7) is 8.15. The van der Waals surface area contributed by atoms with Crippen molar-refractivity contribution >= 4 is 5.91 Å². The van der Waals surface area contributed by atoms with Crippen molar-refractivity contribution in [3.63, 3.8) is 0 Å². The summed E-state index contributed by atoms with van der Waals surface area (Å²) in [6.07, 6.45) is 3.64. The van der Waals surface area contributed by atoms with Crippen LogP contribution in [0.1, 0.15) is 58.1 Å². The number of aryl methyl sites for hydroxylation is 2. The van der Waals surface area contributed by atoms with E-state index < -0.39 is 5.91 Å². The van der Waals surface area contributed by atoms with Crippen LogP contribution < -0.4 is 10.8 Å². The molecule has 35 heavy (non-hydrogen) atoms. The van der Waals surface area contributed by atoms with E-state index in [0.29, 0.717) is 17.5 Å². The second kappa shape index (κ2) is 10.3. The lowest BCUT2D eigenvalue weighted by Crippen LogP contribution is -2.37. The van der Waals surface area contributed by atoms with Crippen LogP contribution in [-0.4, -0.2) is 46.8 Å². The number of hydroxylamine groups is 1. The molecule has 3 N–H and O–H groups in total. The van der Waals surface area contributed by atoms with Crippen molar-refractivity contribution in [3.8, 4) is 11.1 Å².